The average molecular weight is 128 g/mol. The molecule has 9 heavy (non-hydrogen) atoms. The second-order valence-electron chi connectivity index (χ2n) is 3.04. The highest BCUT2D eigenvalue weighted by atomic mass is 16.5. The molecule has 0 aromatic carbocycles. The molecule has 1 saturated carbocycles. The standard InChI is InChI=1S/C7H12O2/c8-3-6-5-1-2-9-4-7(5)6/h5-8H,1-4H2/t5-,6-,7+/m1/s1. The number of hydrogen-bond acceptors (Lipinski definition) is 2. The summed E-state index contributed by atoms with van der Waals surface area (Å²) < 4.78 is 5.24. The van der Waals surface area contributed by atoms with Gasteiger partial charge in [0.15, 0.2) is 0 Å². The van der Waals surface area contributed by atoms with Gasteiger partial charge in [-0.2, -0.15) is 0 Å². The first kappa shape index (κ1) is 5.69. The van der Waals surface area contributed by atoms with Crippen LogP contribution in [0.5, 0.6) is 0 Å². The van der Waals surface area contributed by atoms with Crippen LogP contribution in [0.2, 0.25) is 0 Å². The Bertz CT molecular complexity index is 94.7. The number of ether oxygens (including phenoxy) is 1. The van der Waals surface area contributed by atoms with E-state index in [2.05, 4.69) is 0 Å². The first-order valence-electron chi connectivity index (χ1n) is 3.62. The van der Waals surface area contributed by atoms with Gasteiger partial charge in [0.1, 0.15) is 0 Å². The summed E-state index contributed by atoms with van der Waals surface area (Å²) in [4.78, 5) is 0. The first-order chi connectivity index (χ1) is 4.43. The molecule has 1 heterocycles. The van der Waals surface area contributed by atoms with Crippen LogP contribution in [-0.2, 0) is 4.74 Å². The maximum absolute atomic E-state index is 8.78. The van der Waals surface area contributed by atoms with Crippen LogP contribution in [0.4, 0.5) is 0 Å². The third-order valence-corrected chi connectivity index (χ3v) is 2.63. The van der Waals surface area contributed by atoms with Crippen molar-refractivity contribution in [3.63, 3.8) is 0 Å². The van der Waals surface area contributed by atoms with Crippen molar-refractivity contribution in [1.82, 2.24) is 0 Å². The zero-order chi connectivity index (χ0) is 6.27. The van der Waals surface area contributed by atoms with Crippen LogP contribution < -0.4 is 0 Å². The Morgan fingerprint density at radius 2 is 2.33 bits per heavy atom. The van der Waals surface area contributed by atoms with Gasteiger partial charge in [-0.05, 0) is 24.2 Å². The number of aliphatic hydroxyl groups excluding tert-OH is 1. The predicted octanol–water partition coefficient (Wildman–Crippen LogP) is 0.261. The maximum Gasteiger partial charge on any atom is 0.0500 e. The first-order valence-corrected chi connectivity index (χ1v) is 3.62. The van der Waals surface area contributed by atoms with Gasteiger partial charge in [-0.3, -0.25) is 0 Å². The summed E-state index contributed by atoms with van der Waals surface area (Å²) >= 11 is 0. The molecular formula is C7H12O2. The summed E-state index contributed by atoms with van der Waals surface area (Å²) in [5.41, 5.74) is 0. The summed E-state index contributed by atoms with van der Waals surface area (Å²) in [5, 5.41) is 8.78. The van der Waals surface area contributed by atoms with E-state index in [1.165, 1.54) is 6.42 Å². The molecule has 0 unspecified atom stereocenters. The van der Waals surface area contributed by atoms with Crippen LogP contribution in [0.1, 0.15) is 6.42 Å². The van der Waals surface area contributed by atoms with E-state index in [-0.39, 0.29) is 0 Å². The summed E-state index contributed by atoms with van der Waals surface area (Å²) in [7, 11) is 0. The van der Waals surface area contributed by atoms with Crippen molar-refractivity contribution in [3.05, 3.63) is 0 Å². The molecule has 2 nitrogen and oxygen atoms in total. The summed E-state index contributed by atoms with van der Waals surface area (Å²) in [6, 6.07) is 0. The molecule has 1 aliphatic heterocycles. The topological polar surface area (TPSA) is 29.5 Å². The summed E-state index contributed by atoms with van der Waals surface area (Å²) in [5.74, 6) is 2.11. The van der Waals surface area contributed by atoms with Crippen LogP contribution in [0, 0.1) is 17.8 Å². The number of aliphatic hydroxyl groups is 1. The second-order valence-corrected chi connectivity index (χ2v) is 3.04. The van der Waals surface area contributed by atoms with Crippen molar-refractivity contribution < 1.29 is 9.84 Å². The van der Waals surface area contributed by atoms with Gasteiger partial charge in [-0.15, -0.1) is 0 Å². The molecule has 2 rings (SSSR count). The van der Waals surface area contributed by atoms with Gasteiger partial charge in [-0.1, -0.05) is 0 Å². The minimum absolute atomic E-state index is 0.374. The molecule has 1 saturated heterocycles. The lowest BCUT2D eigenvalue weighted by atomic mass is 10.2. The predicted molar refractivity (Wildman–Crippen MR) is 33.0 cm³/mol. The van der Waals surface area contributed by atoms with E-state index in [9.17, 15) is 0 Å². The van der Waals surface area contributed by atoms with Gasteiger partial charge in [-0.25, -0.2) is 0 Å². The highest BCUT2D eigenvalue weighted by Gasteiger charge is 2.50. The van der Waals surface area contributed by atoms with Crippen LogP contribution in [0.15, 0.2) is 0 Å². The average Bonchev–Trinajstić information content (AvgIpc) is 2.60. The van der Waals surface area contributed by atoms with E-state index in [4.69, 9.17) is 9.84 Å². The van der Waals surface area contributed by atoms with Crippen LogP contribution in [0.25, 0.3) is 0 Å². The molecule has 3 atom stereocenters. The molecule has 0 spiro atoms. The molecule has 52 valence electrons. The van der Waals surface area contributed by atoms with Gasteiger partial charge in [0.25, 0.3) is 0 Å². The maximum atomic E-state index is 8.78. The van der Waals surface area contributed by atoms with Crippen molar-refractivity contribution in [2.45, 2.75) is 6.42 Å². The summed E-state index contributed by atoms with van der Waals surface area (Å²) in [6.45, 7) is 2.19. The van der Waals surface area contributed by atoms with E-state index in [1.54, 1.807) is 0 Å². The fraction of sp³-hybridized carbons (Fsp3) is 1.00. The van der Waals surface area contributed by atoms with Crippen molar-refractivity contribution >= 4 is 0 Å². The van der Waals surface area contributed by atoms with Gasteiger partial charge in [0.05, 0.1) is 6.61 Å². The van der Waals surface area contributed by atoms with Crippen molar-refractivity contribution in [3.8, 4) is 0 Å². The lowest BCUT2D eigenvalue weighted by molar-refractivity contribution is 0.0880. The lowest BCUT2D eigenvalue weighted by Crippen LogP contribution is -2.07. The quantitative estimate of drug-likeness (QED) is 0.549. The van der Waals surface area contributed by atoms with Crippen molar-refractivity contribution in [1.29, 1.82) is 0 Å². The second kappa shape index (κ2) is 1.96. The zero-order valence-electron chi connectivity index (χ0n) is 5.42. The highest BCUT2D eigenvalue weighted by molar-refractivity contribution is 4.97. The minimum Gasteiger partial charge on any atom is -0.396 e. The van der Waals surface area contributed by atoms with E-state index in [1.807, 2.05) is 0 Å². The molecule has 0 bridgehead atoms. The molecule has 0 amide bonds. The monoisotopic (exact) mass is 128 g/mol. The molecular weight excluding hydrogens is 116 g/mol. The fourth-order valence-electron chi connectivity index (χ4n) is 1.91. The molecule has 0 aromatic heterocycles. The Balaban J connectivity index is 1.91. The number of hydrogen-bond donors (Lipinski definition) is 1. The zero-order valence-corrected chi connectivity index (χ0v) is 5.42. The third-order valence-electron chi connectivity index (χ3n) is 2.63. The molecule has 2 fully saturated rings. The molecule has 2 aliphatic rings. The lowest BCUT2D eigenvalue weighted by Gasteiger charge is -2.07. The highest BCUT2D eigenvalue weighted by Crippen LogP contribution is 2.50. The van der Waals surface area contributed by atoms with Crippen molar-refractivity contribution in [2.75, 3.05) is 19.8 Å². The third kappa shape index (κ3) is 0.775. The Morgan fingerprint density at radius 1 is 1.44 bits per heavy atom. The van der Waals surface area contributed by atoms with E-state index in [0.717, 1.165) is 19.1 Å². The number of fused-ring (bicyclic) bond motifs is 1. The molecule has 2 heteroatoms. The Kier molecular flexibility index (Phi) is 1.24. The molecule has 0 aromatic rings. The van der Waals surface area contributed by atoms with Gasteiger partial charge in [0, 0.05) is 13.2 Å². The van der Waals surface area contributed by atoms with E-state index in [0.29, 0.717) is 18.4 Å². The smallest absolute Gasteiger partial charge is 0.0500 e. The van der Waals surface area contributed by atoms with Gasteiger partial charge >= 0.3 is 0 Å². The molecule has 0 radical (unpaired) electrons. The van der Waals surface area contributed by atoms with E-state index >= 15 is 0 Å². The van der Waals surface area contributed by atoms with Gasteiger partial charge < -0.3 is 9.84 Å². The molecule has 1 N–H and O–H groups in total. The molecule has 1 aliphatic carbocycles. The largest absolute Gasteiger partial charge is 0.396 e. The SMILES string of the molecule is OC[C@@H]1[C@H]2CCOC[C@H]12. The Hall–Kier alpha value is -0.0800. The van der Waals surface area contributed by atoms with Crippen LogP contribution >= 0.6 is 0 Å². The minimum atomic E-state index is 0.374. The van der Waals surface area contributed by atoms with Crippen LogP contribution in [-0.4, -0.2) is 24.9 Å². The Labute approximate surface area is 54.8 Å². The number of rotatable bonds is 1. The van der Waals surface area contributed by atoms with Gasteiger partial charge in [0.2, 0.25) is 0 Å². The van der Waals surface area contributed by atoms with Crippen LogP contribution in [0.3, 0.4) is 0 Å². The van der Waals surface area contributed by atoms with Crippen molar-refractivity contribution in [2.24, 2.45) is 17.8 Å². The Morgan fingerprint density at radius 3 is 2.89 bits per heavy atom. The normalized spacial score (nSPS) is 48.3. The summed E-state index contributed by atoms with van der Waals surface area (Å²) in [6.07, 6.45) is 1.18. The fourth-order valence-corrected chi connectivity index (χ4v) is 1.91. The van der Waals surface area contributed by atoms with E-state index < -0.39 is 0 Å².